The van der Waals surface area contributed by atoms with Gasteiger partial charge in [-0.25, -0.2) is 0 Å². The third-order valence-corrected chi connectivity index (χ3v) is 2.38. The predicted octanol–water partition coefficient (Wildman–Crippen LogP) is 4.39. The molecule has 0 saturated carbocycles. The molecule has 0 radical (unpaired) electrons. The predicted molar refractivity (Wildman–Crippen MR) is 68.8 cm³/mol. The van der Waals surface area contributed by atoms with Crippen molar-refractivity contribution in [3.63, 3.8) is 0 Å². The van der Waals surface area contributed by atoms with Crippen LogP contribution in [-0.2, 0) is 6.42 Å². The van der Waals surface area contributed by atoms with Gasteiger partial charge in [-0.05, 0) is 30.0 Å². The van der Waals surface area contributed by atoms with Gasteiger partial charge >= 0.3 is 0 Å². The molecule has 0 amide bonds. The zero-order valence-corrected chi connectivity index (χ0v) is 9.53. The summed E-state index contributed by atoms with van der Waals surface area (Å²) in [4.78, 5) is 0. The smallest absolute Gasteiger partial charge is 0.0184 e. The number of allylic oxidation sites excluding steroid dienone is 5. The molecular weight excluding hydrogens is 180 g/mol. The van der Waals surface area contributed by atoms with Crippen LogP contribution in [0.2, 0.25) is 0 Å². The first-order valence-corrected chi connectivity index (χ1v) is 5.36. The first-order chi connectivity index (χ1) is 7.31. The van der Waals surface area contributed by atoms with Crippen molar-refractivity contribution in [2.45, 2.75) is 20.3 Å². The Morgan fingerprint density at radius 3 is 2.40 bits per heavy atom. The van der Waals surface area contributed by atoms with E-state index in [0.29, 0.717) is 0 Å². The highest BCUT2D eigenvalue weighted by atomic mass is 14.0. The molecule has 0 spiro atoms. The van der Waals surface area contributed by atoms with Gasteiger partial charge in [-0.15, -0.1) is 0 Å². The summed E-state index contributed by atoms with van der Waals surface area (Å²) in [6.07, 6.45) is 9.10. The van der Waals surface area contributed by atoms with E-state index in [9.17, 15) is 0 Å². The second-order valence-corrected chi connectivity index (χ2v) is 3.40. The Balaban J connectivity index is 2.97. The second-order valence-electron chi connectivity index (χ2n) is 3.40. The summed E-state index contributed by atoms with van der Waals surface area (Å²) < 4.78 is 0. The van der Waals surface area contributed by atoms with E-state index in [4.69, 9.17) is 0 Å². The Hall–Kier alpha value is -1.56. The molecule has 1 aromatic carbocycles. The maximum absolute atomic E-state index is 3.83. The molecule has 0 nitrogen and oxygen atoms in total. The van der Waals surface area contributed by atoms with Crippen molar-refractivity contribution >= 4 is 5.57 Å². The van der Waals surface area contributed by atoms with E-state index in [1.165, 1.54) is 11.1 Å². The van der Waals surface area contributed by atoms with E-state index in [0.717, 1.165) is 12.0 Å². The summed E-state index contributed by atoms with van der Waals surface area (Å²) in [5.41, 5.74) is 3.75. The van der Waals surface area contributed by atoms with E-state index in [1.54, 1.807) is 0 Å². The van der Waals surface area contributed by atoms with Crippen LogP contribution in [0.15, 0.2) is 55.1 Å². The minimum atomic E-state index is 1.09. The lowest BCUT2D eigenvalue weighted by Crippen LogP contribution is -1.83. The summed E-state index contributed by atoms with van der Waals surface area (Å²) in [6.45, 7) is 8.01. The minimum Gasteiger partial charge on any atom is -0.0984 e. The van der Waals surface area contributed by atoms with Gasteiger partial charge in [0.15, 0.2) is 0 Å². The molecule has 1 rings (SSSR count). The summed E-state index contributed by atoms with van der Waals surface area (Å²) >= 11 is 0. The molecule has 1 aromatic rings. The quantitative estimate of drug-likeness (QED) is 0.629. The topological polar surface area (TPSA) is 0 Å². The number of rotatable bonds is 4. The molecule has 0 atom stereocenters. The fourth-order valence-corrected chi connectivity index (χ4v) is 1.41. The molecule has 0 saturated heterocycles. The first-order valence-electron chi connectivity index (χ1n) is 5.36. The average Bonchev–Trinajstić information content (AvgIpc) is 2.31. The van der Waals surface area contributed by atoms with E-state index in [1.807, 2.05) is 25.2 Å². The minimum absolute atomic E-state index is 1.09. The molecule has 0 aliphatic heterocycles. The third-order valence-electron chi connectivity index (χ3n) is 2.38. The van der Waals surface area contributed by atoms with Gasteiger partial charge in [0.2, 0.25) is 0 Å². The van der Waals surface area contributed by atoms with Crippen LogP contribution in [-0.4, -0.2) is 0 Å². The summed E-state index contributed by atoms with van der Waals surface area (Å²) in [6, 6.07) is 8.64. The van der Waals surface area contributed by atoms with Gasteiger partial charge in [0, 0.05) is 0 Å². The number of hydrogen-bond donors (Lipinski definition) is 0. The van der Waals surface area contributed by atoms with Gasteiger partial charge in [0.25, 0.3) is 0 Å². The lowest BCUT2D eigenvalue weighted by Gasteiger charge is -2.02. The lowest BCUT2D eigenvalue weighted by molar-refractivity contribution is 1.14. The molecule has 0 bridgehead atoms. The normalized spacial score (nSPS) is 12.0. The highest BCUT2D eigenvalue weighted by Gasteiger charge is 1.95. The summed E-state index contributed by atoms with van der Waals surface area (Å²) in [5, 5.41) is 0. The van der Waals surface area contributed by atoms with E-state index < -0.39 is 0 Å². The van der Waals surface area contributed by atoms with Gasteiger partial charge < -0.3 is 0 Å². The van der Waals surface area contributed by atoms with Gasteiger partial charge in [-0.3, -0.25) is 0 Å². The van der Waals surface area contributed by atoms with Crippen LogP contribution in [0.25, 0.3) is 5.57 Å². The van der Waals surface area contributed by atoms with Crippen LogP contribution in [0.3, 0.4) is 0 Å². The summed E-state index contributed by atoms with van der Waals surface area (Å²) in [5.74, 6) is 0. The zero-order chi connectivity index (χ0) is 11.1. The fourth-order valence-electron chi connectivity index (χ4n) is 1.41. The molecule has 0 N–H and O–H groups in total. The van der Waals surface area contributed by atoms with Crippen molar-refractivity contribution in [1.82, 2.24) is 0 Å². The molecule has 0 unspecified atom stereocenters. The number of hydrogen-bond acceptors (Lipinski definition) is 0. The van der Waals surface area contributed by atoms with Crippen LogP contribution < -0.4 is 0 Å². The largest absolute Gasteiger partial charge is 0.0984 e. The molecule has 0 aliphatic rings. The van der Waals surface area contributed by atoms with Crippen molar-refractivity contribution < 1.29 is 0 Å². The Morgan fingerprint density at radius 2 is 1.93 bits per heavy atom. The van der Waals surface area contributed by atoms with E-state index in [-0.39, 0.29) is 0 Å². The van der Waals surface area contributed by atoms with Crippen molar-refractivity contribution in [3.05, 3.63) is 66.3 Å². The standard InChI is InChI=1S/C15H18/c1-4-7-8-14(6-3)15-11-9-13(5-2)10-12-15/h4,6-12H,3,5H2,1-2H3/b7-4-,14-8+. The average molecular weight is 198 g/mol. The first kappa shape index (κ1) is 11.5. The number of aryl methyl sites for hydroxylation is 1. The molecule has 0 aliphatic carbocycles. The molecule has 0 heterocycles. The number of benzene rings is 1. The maximum Gasteiger partial charge on any atom is -0.0184 e. The Kier molecular flexibility index (Phi) is 4.62. The maximum atomic E-state index is 3.83. The Labute approximate surface area is 92.6 Å². The Morgan fingerprint density at radius 1 is 1.27 bits per heavy atom. The highest BCUT2D eigenvalue weighted by Crippen LogP contribution is 2.16. The van der Waals surface area contributed by atoms with Crippen LogP contribution in [0.1, 0.15) is 25.0 Å². The van der Waals surface area contributed by atoms with Crippen LogP contribution in [0, 0.1) is 0 Å². The zero-order valence-electron chi connectivity index (χ0n) is 9.53. The monoisotopic (exact) mass is 198 g/mol. The molecule has 15 heavy (non-hydrogen) atoms. The van der Waals surface area contributed by atoms with Gasteiger partial charge in [0.05, 0.1) is 0 Å². The van der Waals surface area contributed by atoms with Crippen LogP contribution in [0.4, 0.5) is 0 Å². The SMILES string of the molecule is C=C/C(=C\C=C/C)c1ccc(CC)cc1. The van der Waals surface area contributed by atoms with Gasteiger partial charge in [-0.1, -0.05) is 62.1 Å². The van der Waals surface area contributed by atoms with Crippen molar-refractivity contribution in [2.75, 3.05) is 0 Å². The molecule has 0 heteroatoms. The van der Waals surface area contributed by atoms with Crippen LogP contribution in [0.5, 0.6) is 0 Å². The van der Waals surface area contributed by atoms with Gasteiger partial charge in [0.1, 0.15) is 0 Å². The Bertz CT molecular complexity index is 364. The van der Waals surface area contributed by atoms with Crippen molar-refractivity contribution in [1.29, 1.82) is 0 Å². The second kappa shape index (κ2) is 6.02. The molecule has 0 fully saturated rings. The molecule has 0 aromatic heterocycles. The van der Waals surface area contributed by atoms with Crippen LogP contribution >= 0.6 is 0 Å². The van der Waals surface area contributed by atoms with Crippen molar-refractivity contribution in [3.8, 4) is 0 Å². The molecule has 78 valence electrons. The highest BCUT2D eigenvalue weighted by molar-refractivity contribution is 5.74. The fraction of sp³-hybridized carbons (Fsp3) is 0.200. The van der Waals surface area contributed by atoms with Gasteiger partial charge in [-0.2, -0.15) is 0 Å². The van der Waals surface area contributed by atoms with E-state index >= 15 is 0 Å². The molecular formula is C15H18. The lowest BCUT2D eigenvalue weighted by atomic mass is 10.0. The summed E-state index contributed by atoms with van der Waals surface area (Å²) in [7, 11) is 0. The van der Waals surface area contributed by atoms with Crippen molar-refractivity contribution in [2.24, 2.45) is 0 Å². The van der Waals surface area contributed by atoms with E-state index in [2.05, 4.69) is 43.8 Å². The third kappa shape index (κ3) is 3.25.